The van der Waals surface area contributed by atoms with Gasteiger partial charge in [-0.25, -0.2) is 4.39 Å². The van der Waals surface area contributed by atoms with Gasteiger partial charge in [-0.1, -0.05) is 67.4 Å². The fraction of sp³-hybridized carbons (Fsp3) is 0.500. The third-order valence-corrected chi connectivity index (χ3v) is 9.72. The van der Waals surface area contributed by atoms with Gasteiger partial charge in [0.05, 0.1) is 17.8 Å². The van der Waals surface area contributed by atoms with Crippen LogP contribution in [0.1, 0.15) is 79.0 Å². The zero-order valence-corrected chi connectivity index (χ0v) is 22.7. The molecule has 7 heteroatoms. The lowest BCUT2D eigenvalue weighted by atomic mass is 9.77. The molecule has 2 aromatic rings. The van der Waals surface area contributed by atoms with Crippen molar-refractivity contribution in [2.24, 2.45) is 10.6 Å². The Bertz CT molecular complexity index is 1120. The van der Waals surface area contributed by atoms with E-state index in [0.29, 0.717) is 21.1 Å². The SMILES string of the molecule is C=C(O)C1(COC)CCN(Cc2ccc(C3=NOC(c4ccc(C5CCCCC5)c(F)c4)P3)cc2)CC1. The number of hydrogen-bond acceptors (Lipinski definition) is 5. The maximum absolute atomic E-state index is 14.9. The monoisotopic (exact) mass is 524 g/mol. The summed E-state index contributed by atoms with van der Waals surface area (Å²) < 4.78 is 20.3. The van der Waals surface area contributed by atoms with Gasteiger partial charge in [0.1, 0.15) is 11.3 Å². The van der Waals surface area contributed by atoms with Gasteiger partial charge in [0, 0.05) is 24.8 Å². The molecule has 5 rings (SSSR count). The molecule has 0 amide bonds. The summed E-state index contributed by atoms with van der Waals surface area (Å²) in [6.07, 6.45) is 7.52. The second kappa shape index (κ2) is 11.6. The van der Waals surface area contributed by atoms with Crippen molar-refractivity contribution in [3.63, 3.8) is 0 Å². The predicted octanol–water partition coefficient (Wildman–Crippen LogP) is 7.24. The predicted molar refractivity (Wildman–Crippen MR) is 148 cm³/mol. The Hall–Kier alpha value is -2.27. The quantitative estimate of drug-likeness (QED) is 0.292. The highest BCUT2D eigenvalue weighted by Gasteiger charge is 2.37. The fourth-order valence-electron chi connectivity index (χ4n) is 5.97. The van der Waals surface area contributed by atoms with Crippen molar-refractivity contribution >= 4 is 14.0 Å². The summed E-state index contributed by atoms with van der Waals surface area (Å²) in [7, 11) is 2.02. The largest absolute Gasteiger partial charge is 0.512 e. The van der Waals surface area contributed by atoms with Crippen molar-refractivity contribution in [1.82, 2.24) is 4.90 Å². The molecule has 5 nitrogen and oxygen atoms in total. The third kappa shape index (κ3) is 5.92. The smallest absolute Gasteiger partial charge is 0.173 e. The number of rotatable bonds is 8. The normalized spacial score (nSPS) is 23.1. The first-order valence-corrected chi connectivity index (χ1v) is 14.5. The number of aliphatic hydroxyl groups excluding tert-OH is 1. The number of nitrogens with zero attached hydrogens (tertiary/aromatic N) is 2. The van der Waals surface area contributed by atoms with Crippen molar-refractivity contribution in [2.75, 3.05) is 26.8 Å². The van der Waals surface area contributed by atoms with E-state index in [0.717, 1.165) is 67.5 Å². The van der Waals surface area contributed by atoms with E-state index in [9.17, 15) is 9.50 Å². The van der Waals surface area contributed by atoms with Gasteiger partial charge < -0.3 is 14.7 Å². The van der Waals surface area contributed by atoms with Crippen LogP contribution >= 0.6 is 8.58 Å². The lowest BCUT2D eigenvalue weighted by Gasteiger charge is -2.40. The number of likely N-dealkylation sites (tertiary alicyclic amines) is 1. The van der Waals surface area contributed by atoms with Crippen LogP contribution in [0.2, 0.25) is 0 Å². The van der Waals surface area contributed by atoms with Gasteiger partial charge in [-0.3, -0.25) is 4.90 Å². The second-order valence-electron chi connectivity index (χ2n) is 10.8. The van der Waals surface area contributed by atoms with Gasteiger partial charge in [0.25, 0.3) is 0 Å². The van der Waals surface area contributed by atoms with Crippen molar-refractivity contribution < 1.29 is 19.1 Å². The molecule has 0 radical (unpaired) electrons. The van der Waals surface area contributed by atoms with Gasteiger partial charge in [0.15, 0.2) is 5.85 Å². The number of halogens is 1. The Kier molecular flexibility index (Phi) is 8.28. The van der Waals surface area contributed by atoms with E-state index >= 15 is 0 Å². The summed E-state index contributed by atoms with van der Waals surface area (Å²) in [5.41, 5.74) is 4.62. The molecule has 3 aliphatic rings. The molecule has 2 atom stereocenters. The highest BCUT2D eigenvalue weighted by molar-refractivity contribution is 7.59. The molecule has 198 valence electrons. The molecule has 0 aromatic heterocycles. The van der Waals surface area contributed by atoms with E-state index in [1.807, 2.05) is 12.1 Å². The number of aliphatic hydroxyl groups is 1. The van der Waals surface area contributed by atoms with Crippen LogP contribution in [0.3, 0.4) is 0 Å². The highest BCUT2D eigenvalue weighted by Crippen LogP contribution is 2.45. The van der Waals surface area contributed by atoms with Gasteiger partial charge in [0.2, 0.25) is 0 Å². The van der Waals surface area contributed by atoms with Crippen molar-refractivity contribution in [2.45, 2.75) is 63.3 Å². The van der Waals surface area contributed by atoms with E-state index in [4.69, 9.17) is 9.57 Å². The summed E-state index contributed by atoms with van der Waals surface area (Å²) in [5, 5.41) is 14.5. The Labute approximate surface area is 221 Å². The van der Waals surface area contributed by atoms with Crippen LogP contribution in [0.15, 0.2) is 60.0 Å². The molecule has 37 heavy (non-hydrogen) atoms. The van der Waals surface area contributed by atoms with Gasteiger partial charge in [-0.15, -0.1) is 0 Å². The average molecular weight is 525 g/mol. The third-order valence-electron chi connectivity index (χ3n) is 8.37. The average Bonchev–Trinajstić information content (AvgIpc) is 3.41. The minimum absolute atomic E-state index is 0.101. The standard InChI is InChI=1S/C30H38FN2O3P/c1-21(34)30(20-35-2)14-16-33(17-15-30)19-22-8-10-24(11-9-22)28-32-36-29(37-28)25-12-13-26(27(31)18-25)23-6-4-3-5-7-23/h8-13,18,23,29,34,37H,1,3-7,14-17,19-20H2,2H3. The zero-order chi connectivity index (χ0) is 25.8. The summed E-state index contributed by atoms with van der Waals surface area (Å²) in [5.74, 6) is 0.273. The summed E-state index contributed by atoms with van der Waals surface area (Å²) in [6.45, 7) is 6.95. The van der Waals surface area contributed by atoms with Crippen LogP contribution in [0.25, 0.3) is 0 Å². The summed E-state index contributed by atoms with van der Waals surface area (Å²) in [6, 6.07) is 14.2. The van der Waals surface area contributed by atoms with Gasteiger partial charge >= 0.3 is 0 Å². The van der Waals surface area contributed by atoms with Gasteiger partial charge in [-0.2, -0.15) is 0 Å². The van der Waals surface area contributed by atoms with Crippen molar-refractivity contribution in [3.05, 3.63) is 82.9 Å². The Balaban J connectivity index is 1.15. The number of piperidine rings is 1. The lowest BCUT2D eigenvalue weighted by Crippen LogP contribution is -2.43. The highest BCUT2D eigenvalue weighted by atomic mass is 31.1. The fourth-order valence-corrected chi connectivity index (χ4v) is 7.11. The number of oxime groups is 1. The molecule has 2 fully saturated rings. The number of methoxy groups -OCH3 is 1. The van der Waals surface area contributed by atoms with Gasteiger partial charge in [-0.05, 0) is 70.5 Å². The van der Waals surface area contributed by atoms with Crippen LogP contribution < -0.4 is 0 Å². The first-order valence-electron chi connectivity index (χ1n) is 13.5. The molecular weight excluding hydrogens is 486 g/mol. The van der Waals surface area contributed by atoms with E-state index in [-0.39, 0.29) is 22.8 Å². The maximum atomic E-state index is 14.9. The molecule has 2 aliphatic heterocycles. The van der Waals surface area contributed by atoms with Crippen LogP contribution in [0, 0.1) is 11.2 Å². The minimum atomic E-state index is -0.327. The van der Waals surface area contributed by atoms with Crippen LogP contribution in [-0.4, -0.2) is 42.3 Å². The number of hydrogen-bond donors (Lipinski definition) is 1. The molecule has 1 N–H and O–H groups in total. The Morgan fingerprint density at radius 3 is 2.54 bits per heavy atom. The molecular formula is C30H38FN2O3P. The summed E-state index contributed by atoms with van der Waals surface area (Å²) in [4.78, 5) is 8.15. The van der Waals surface area contributed by atoms with E-state index < -0.39 is 0 Å². The minimum Gasteiger partial charge on any atom is -0.512 e. The first-order chi connectivity index (χ1) is 18.0. The molecule has 1 aliphatic carbocycles. The van der Waals surface area contributed by atoms with E-state index in [1.165, 1.54) is 24.8 Å². The second-order valence-corrected chi connectivity index (χ2v) is 12.1. The van der Waals surface area contributed by atoms with Crippen LogP contribution in [-0.2, 0) is 16.1 Å². The summed E-state index contributed by atoms with van der Waals surface area (Å²) >= 11 is 0. The molecule has 2 heterocycles. The van der Waals surface area contributed by atoms with Crippen molar-refractivity contribution in [1.29, 1.82) is 0 Å². The van der Waals surface area contributed by atoms with Crippen molar-refractivity contribution in [3.8, 4) is 0 Å². The Morgan fingerprint density at radius 2 is 1.89 bits per heavy atom. The van der Waals surface area contributed by atoms with Crippen LogP contribution in [0.4, 0.5) is 4.39 Å². The molecule has 0 bridgehead atoms. The molecule has 2 aromatic carbocycles. The lowest BCUT2D eigenvalue weighted by molar-refractivity contribution is 0.0180. The first kappa shape index (κ1) is 26.3. The number of benzene rings is 2. The van der Waals surface area contributed by atoms with E-state index in [2.05, 4.69) is 40.9 Å². The molecule has 1 saturated carbocycles. The van der Waals surface area contributed by atoms with E-state index in [1.54, 1.807) is 13.2 Å². The molecule has 1 saturated heterocycles. The number of ether oxygens (including phenoxy) is 1. The topological polar surface area (TPSA) is 54.3 Å². The molecule has 2 unspecified atom stereocenters. The maximum Gasteiger partial charge on any atom is 0.173 e. The Morgan fingerprint density at radius 1 is 1.16 bits per heavy atom. The molecule has 0 spiro atoms. The zero-order valence-electron chi connectivity index (χ0n) is 21.7. The van der Waals surface area contributed by atoms with Crippen LogP contribution in [0.5, 0.6) is 0 Å².